The number of benzene rings is 2. The zero-order chi connectivity index (χ0) is 15.5. The summed E-state index contributed by atoms with van der Waals surface area (Å²) in [5, 5.41) is 7.60. The monoisotopic (exact) mass is 280 g/mol. The molecule has 2 rings (SSSR count). The van der Waals surface area contributed by atoms with Crippen LogP contribution in [0.4, 0.5) is 0 Å². The molecule has 0 unspecified atom stereocenters. The molecule has 0 saturated carbocycles. The van der Waals surface area contributed by atoms with Crippen molar-refractivity contribution in [1.82, 2.24) is 0 Å². The van der Waals surface area contributed by atoms with Crippen molar-refractivity contribution in [3.8, 4) is 0 Å². The largest absolute Gasteiger partial charge is 0.478 e. The number of hydrogen-bond acceptors (Lipinski definition) is 2. The molecule has 3 nitrogen and oxygen atoms in total. The van der Waals surface area contributed by atoms with Crippen LogP contribution in [0, 0.1) is 0 Å². The molecule has 0 heterocycles. The van der Waals surface area contributed by atoms with Gasteiger partial charge in [0.2, 0.25) is 0 Å². The van der Waals surface area contributed by atoms with Crippen LogP contribution in [0.1, 0.15) is 15.9 Å². The second kappa shape index (κ2) is 9.04. The van der Waals surface area contributed by atoms with Gasteiger partial charge >= 0.3 is 5.97 Å². The van der Waals surface area contributed by atoms with Gasteiger partial charge in [0.25, 0.3) is 0 Å². The number of allylic oxidation sites excluding steroid dienone is 1. The van der Waals surface area contributed by atoms with Crippen molar-refractivity contribution in [2.24, 2.45) is 0 Å². The van der Waals surface area contributed by atoms with Gasteiger partial charge in [-0.15, -0.1) is 0 Å². The number of carboxylic acids is 1. The van der Waals surface area contributed by atoms with Gasteiger partial charge < -0.3 is 5.11 Å². The van der Waals surface area contributed by atoms with Gasteiger partial charge in [-0.25, -0.2) is 4.79 Å². The van der Waals surface area contributed by atoms with E-state index in [2.05, 4.69) is 6.58 Å². The highest BCUT2D eigenvalue weighted by Crippen LogP contribution is 2.05. The Kier molecular flexibility index (Phi) is 6.94. The van der Waals surface area contributed by atoms with Gasteiger partial charge in [-0.2, -0.15) is 0 Å². The summed E-state index contributed by atoms with van der Waals surface area (Å²) in [6.45, 7) is 2.96. The topological polar surface area (TPSA) is 54.4 Å². The minimum atomic E-state index is -0.981. The lowest BCUT2D eigenvalue weighted by atomic mass is 10.1. The highest BCUT2D eigenvalue weighted by atomic mass is 16.4. The quantitative estimate of drug-likeness (QED) is 0.684. The van der Waals surface area contributed by atoms with Crippen molar-refractivity contribution in [3.05, 3.63) is 90.5 Å². The number of hydrogen-bond donors (Lipinski definition) is 1. The Balaban J connectivity index is 0.000000383. The van der Waals surface area contributed by atoms with E-state index in [0.29, 0.717) is 0 Å². The molecular formula is C18H16O3. The lowest BCUT2D eigenvalue weighted by Gasteiger charge is -1.94. The van der Waals surface area contributed by atoms with E-state index < -0.39 is 5.97 Å². The summed E-state index contributed by atoms with van der Waals surface area (Å²) in [7, 11) is 0. The Morgan fingerprint density at radius 2 is 1.38 bits per heavy atom. The van der Waals surface area contributed by atoms with Gasteiger partial charge in [0.15, 0.2) is 5.78 Å². The van der Waals surface area contributed by atoms with E-state index in [1.54, 1.807) is 6.08 Å². The second-order valence-corrected chi connectivity index (χ2v) is 4.02. The van der Waals surface area contributed by atoms with Gasteiger partial charge in [-0.1, -0.05) is 73.3 Å². The smallest absolute Gasteiger partial charge is 0.327 e. The fourth-order valence-corrected chi connectivity index (χ4v) is 1.43. The molecule has 0 aliphatic rings. The SMILES string of the molecule is C=CC(=O)O.O=C(/C=C/c1ccccc1)c1ccccc1. The van der Waals surface area contributed by atoms with Gasteiger partial charge in [0, 0.05) is 11.6 Å². The Labute approximate surface area is 123 Å². The molecule has 2 aromatic carbocycles. The molecule has 1 N–H and O–H groups in total. The van der Waals surface area contributed by atoms with Crippen molar-refractivity contribution in [1.29, 1.82) is 0 Å². The number of rotatable bonds is 4. The van der Waals surface area contributed by atoms with Crippen molar-refractivity contribution in [2.75, 3.05) is 0 Å². The second-order valence-electron chi connectivity index (χ2n) is 4.02. The van der Waals surface area contributed by atoms with Crippen LogP contribution in [0.5, 0.6) is 0 Å². The average Bonchev–Trinajstić information content (AvgIpc) is 2.55. The van der Waals surface area contributed by atoms with E-state index >= 15 is 0 Å². The molecule has 0 aliphatic heterocycles. The minimum Gasteiger partial charge on any atom is -0.478 e. The van der Waals surface area contributed by atoms with Gasteiger partial charge in [0.05, 0.1) is 0 Å². The number of carbonyl (C=O) groups is 2. The molecule has 0 saturated heterocycles. The number of carbonyl (C=O) groups excluding carboxylic acids is 1. The summed E-state index contributed by atoms with van der Waals surface area (Å²) >= 11 is 0. The maximum Gasteiger partial charge on any atom is 0.327 e. The van der Waals surface area contributed by atoms with Gasteiger partial charge in [0.1, 0.15) is 0 Å². The fourth-order valence-electron chi connectivity index (χ4n) is 1.43. The standard InChI is InChI=1S/C15H12O.C3H4O2/c16-15(14-9-5-2-6-10-14)12-11-13-7-3-1-4-8-13;1-2-3(4)5/h1-12H;2H,1H2,(H,4,5)/b12-11+;. The molecule has 0 radical (unpaired) electrons. The third kappa shape index (κ3) is 6.68. The predicted octanol–water partition coefficient (Wildman–Crippen LogP) is 3.84. The van der Waals surface area contributed by atoms with E-state index in [0.717, 1.165) is 17.2 Å². The van der Waals surface area contributed by atoms with Crippen molar-refractivity contribution in [3.63, 3.8) is 0 Å². The van der Waals surface area contributed by atoms with Crippen LogP contribution in [0.25, 0.3) is 6.08 Å². The summed E-state index contributed by atoms with van der Waals surface area (Å²) in [5.74, 6) is -0.950. The molecule has 0 aliphatic carbocycles. The van der Waals surface area contributed by atoms with Crippen LogP contribution in [0.3, 0.4) is 0 Å². The molecule has 0 amide bonds. The molecule has 0 fully saturated rings. The first-order valence-electron chi connectivity index (χ1n) is 6.31. The summed E-state index contributed by atoms with van der Waals surface area (Å²) in [5.41, 5.74) is 1.75. The first kappa shape index (κ1) is 16.1. The first-order valence-corrected chi connectivity index (χ1v) is 6.31. The maximum absolute atomic E-state index is 11.7. The van der Waals surface area contributed by atoms with Crippen LogP contribution < -0.4 is 0 Å². The summed E-state index contributed by atoms with van der Waals surface area (Å²) in [6, 6.07) is 19.1. The lowest BCUT2D eigenvalue weighted by molar-refractivity contribution is -0.131. The first-order chi connectivity index (χ1) is 10.1. The van der Waals surface area contributed by atoms with Crippen LogP contribution >= 0.6 is 0 Å². The third-order valence-electron chi connectivity index (χ3n) is 2.46. The van der Waals surface area contributed by atoms with Crippen LogP contribution in [-0.2, 0) is 4.79 Å². The zero-order valence-corrected chi connectivity index (χ0v) is 11.5. The van der Waals surface area contributed by atoms with Gasteiger partial charge in [-0.05, 0) is 11.6 Å². The zero-order valence-electron chi connectivity index (χ0n) is 11.5. The van der Waals surface area contributed by atoms with Crippen molar-refractivity contribution in [2.45, 2.75) is 0 Å². The van der Waals surface area contributed by atoms with Crippen molar-refractivity contribution < 1.29 is 14.7 Å². The summed E-state index contributed by atoms with van der Waals surface area (Å²) in [4.78, 5) is 21.0. The normalized spacial score (nSPS) is 9.52. The van der Waals surface area contributed by atoms with E-state index in [-0.39, 0.29) is 5.78 Å². The minimum absolute atomic E-state index is 0.0319. The van der Waals surface area contributed by atoms with E-state index in [1.807, 2.05) is 66.7 Å². The van der Waals surface area contributed by atoms with Crippen LogP contribution in [-0.4, -0.2) is 16.9 Å². The number of aliphatic carboxylic acids is 1. The Bertz CT molecular complexity index is 613. The fraction of sp³-hybridized carbons (Fsp3) is 0. The lowest BCUT2D eigenvalue weighted by Crippen LogP contribution is -1.92. The Morgan fingerprint density at radius 1 is 0.905 bits per heavy atom. The van der Waals surface area contributed by atoms with E-state index in [1.165, 1.54) is 0 Å². The molecule has 0 spiro atoms. The third-order valence-corrected chi connectivity index (χ3v) is 2.46. The number of ketones is 1. The molecule has 0 bridgehead atoms. The highest BCUT2D eigenvalue weighted by Gasteiger charge is 1.98. The average molecular weight is 280 g/mol. The maximum atomic E-state index is 11.7. The molecule has 2 aromatic rings. The number of carboxylic acid groups (broad SMARTS) is 1. The van der Waals surface area contributed by atoms with Crippen LogP contribution in [0.2, 0.25) is 0 Å². The Hall–Kier alpha value is -2.94. The van der Waals surface area contributed by atoms with E-state index in [9.17, 15) is 9.59 Å². The summed E-state index contributed by atoms with van der Waals surface area (Å²) < 4.78 is 0. The Morgan fingerprint density at radius 3 is 1.86 bits per heavy atom. The highest BCUT2D eigenvalue weighted by molar-refractivity contribution is 6.06. The molecule has 0 atom stereocenters. The molecule has 106 valence electrons. The van der Waals surface area contributed by atoms with Gasteiger partial charge in [-0.3, -0.25) is 4.79 Å². The molecule has 0 aromatic heterocycles. The molecule has 21 heavy (non-hydrogen) atoms. The van der Waals surface area contributed by atoms with E-state index in [4.69, 9.17) is 5.11 Å². The molecule has 3 heteroatoms. The van der Waals surface area contributed by atoms with Crippen molar-refractivity contribution >= 4 is 17.8 Å². The van der Waals surface area contributed by atoms with Crippen LogP contribution in [0.15, 0.2) is 79.4 Å². The molecular weight excluding hydrogens is 264 g/mol. The predicted molar refractivity (Wildman–Crippen MR) is 84.1 cm³/mol. The summed E-state index contributed by atoms with van der Waals surface area (Å²) in [6.07, 6.45) is 4.26.